The van der Waals surface area contributed by atoms with Crippen molar-refractivity contribution in [1.29, 1.82) is 0 Å². The molecule has 2 heterocycles. The number of nitrogens with zero attached hydrogens (tertiary/aromatic N) is 3. The Labute approximate surface area is 181 Å². The molecule has 0 aliphatic carbocycles. The number of rotatable bonds is 8. The lowest BCUT2D eigenvalue weighted by Gasteiger charge is -2.20. The van der Waals surface area contributed by atoms with Gasteiger partial charge in [0.1, 0.15) is 0 Å². The van der Waals surface area contributed by atoms with Gasteiger partial charge in [-0.25, -0.2) is 0 Å². The van der Waals surface area contributed by atoms with E-state index in [9.17, 15) is 4.79 Å². The van der Waals surface area contributed by atoms with Crippen LogP contribution in [0.4, 0.5) is 5.69 Å². The van der Waals surface area contributed by atoms with Crippen molar-refractivity contribution in [3.05, 3.63) is 77.6 Å². The van der Waals surface area contributed by atoms with E-state index < -0.39 is 0 Å². The van der Waals surface area contributed by atoms with Crippen LogP contribution in [-0.2, 0) is 11.2 Å². The van der Waals surface area contributed by atoms with E-state index in [0.717, 1.165) is 16.8 Å². The first-order valence-electron chi connectivity index (χ1n) is 10.4. The van der Waals surface area contributed by atoms with Crippen molar-refractivity contribution in [3.63, 3.8) is 0 Å². The van der Waals surface area contributed by atoms with E-state index in [1.165, 1.54) is 10.9 Å². The molecule has 0 radical (unpaired) electrons. The number of nitrogens with one attached hydrogen (secondary N) is 2. The Morgan fingerprint density at radius 3 is 2.65 bits per heavy atom. The summed E-state index contributed by atoms with van der Waals surface area (Å²) >= 11 is 0. The first-order chi connectivity index (χ1) is 15.0. The minimum Gasteiger partial charge on any atom is -0.378 e. The zero-order chi connectivity index (χ0) is 21.8. The smallest absolute Gasteiger partial charge is 0.227 e. The third-order valence-corrected chi connectivity index (χ3v) is 5.45. The monoisotopic (exact) mass is 417 g/mol. The summed E-state index contributed by atoms with van der Waals surface area (Å²) in [5, 5.41) is 8.03. The van der Waals surface area contributed by atoms with E-state index in [0.29, 0.717) is 31.1 Å². The van der Waals surface area contributed by atoms with Crippen molar-refractivity contribution in [1.82, 2.24) is 20.4 Å². The highest BCUT2D eigenvalue weighted by molar-refractivity contribution is 5.84. The van der Waals surface area contributed by atoms with Gasteiger partial charge in [-0.3, -0.25) is 4.79 Å². The molecule has 1 atom stereocenters. The maximum atomic E-state index is 12.5. The van der Waals surface area contributed by atoms with Crippen LogP contribution in [0.15, 0.2) is 59.3 Å². The Balaban J connectivity index is 1.53. The molecule has 0 fully saturated rings. The highest BCUT2D eigenvalue weighted by Crippen LogP contribution is 2.31. The lowest BCUT2D eigenvalue weighted by molar-refractivity contribution is -0.121. The molecule has 1 unspecified atom stereocenters. The minimum atomic E-state index is -0.0365. The first-order valence-corrected chi connectivity index (χ1v) is 10.4. The normalized spacial score (nSPS) is 12.1. The van der Waals surface area contributed by atoms with Crippen LogP contribution in [0.25, 0.3) is 10.9 Å². The second-order valence-electron chi connectivity index (χ2n) is 7.87. The third kappa shape index (κ3) is 4.77. The predicted octanol–water partition coefficient (Wildman–Crippen LogP) is 3.81. The molecule has 0 bridgehead atoms. The lowest BCUT2D eigenvalue weighted by Crippen LogP contribution is -2.29. The van der Waals surface area contributed by atoms with Gasteiger partial charge >= 0.3 is 0 Å². The van der Waals surface area contributed by atoms with Gasteiger partial charge in [-0.1, -0.05) is 35.5 Å². The maximum absolute atomic E-state index is 12.5. The molecular weight excluding hydrogens is 390 g/mol. The van der Waals surface area contributed by atoms with Crippen molar-refractivity contribution in [3.8, 4) is 0 Å². The Kier molecular flexibility index (Phi) is 6.02. The number of hydrogen-bond acceptors (Lipinski definition) is 5. The number of amides is 1. The Morgan fingerprint density at radius 2 is 1.94 bits per heavy atom. The molecule has 7 heteroatoms. The molecule has 4 rings (SSSR count). The molecule has 7 nitrogen and oxygen atoms in total. The number of benzene rings is 2. The molecule has 0 spiro atoms. The second-order valence-corrected chi connectivity index (χ2v) is 7.87. The molecule has 0 saturated heterocycles. The number of H-pyrrole nitrogens is 1. The zero-order valence-corrected chi connectivity index (χ0v) is 18.1. The molecule has 2 aromatic carbocycles. The fourth-order valence-electron chi connectivity index (χ4n) is 3.76. The van der Waals surface area contributed by atoms with Crippen LogP contribution in [-0.4, -0.2) is 41.7 Å². The molecule has 0 aliphatic rings. The van der Waals surface area contributed by atoms with Crippen LogP contribution in [0.2, 0.25) is 0 Å². The number of fused-ring (bicyclic) bond motifs is 1. The van der Waals surface area contributed by atoms with Gasteiger partial charge in [-0.2, -0.15) is 4.98 Å². The molecule has 0 saturated carbocycles. The number of aromatic nitrogens is 3. The summed E-state index contributed by atoms with van der Waals surface area (Å²) in [5.41, 5.74) is 4.55. The lowest BCUT2D eigenvalue weighted by atomic mass is 9.90. The van der Waals surface area contributed by atoms with E-state index in [1.54, 1.807) is 6.92 Å². The van der Waals surface area contributed by atoms with Crippen LogP contribution in [0.1, 0.15) is 35.2 Å². The average molecular weight is 418 g/mol. The summed E-state index contributed by atoms with van der Waals surface area (Å²) in [4.78, 5) is 22.1. The first kappa shape index (κ1) is 20.7. The van der Waals surface area contributed by atoms with Crippen molar-refractivity contribution in [2.45, 2.75) is 25.7 Å². The largest absolute Gasteiger partial charge is 0.378 e. The molecule has 31 heavy (non-hydrogen) atoms. The molecule has 0 aliphatic heterocycles. The molecule has 2 N–H and O–H groups in total. The fourth-order valence-corrected chi connectivity index (χ4v) is 3.76. The highest BCUT2D eigenvalue weighted by atomic mass is 16.5. The molecule has 160 valence electrons. The number of aryl methyl sites for hydroxylation is 2. The van der Waals surface area contributed by atoms with Crippen LogP contribution < -0.4 is 10.2 Å². The van der Waals surface area contributed by atoms with Gasteiger partial charge < -0.3 is 19.7 Å². The Bertz CT molecular complexity index is 1160. The number of hydrogen-bond donors (Lipinski definition) is 2. The number of aromatic amines is 1. The summed E-state index contributed by atoms with van der Waals surface area (Å²) in [6.45, 7) is 2.27. The van der Waals surface area contributed by atoms with Gasteiger partial charge in [0, 0.05) is 62.2 Å². The van der Waals surface area contributed by atoms with Gasteiger partial charge in [0.2, 0.25) is 11.8 Å². The van der Waals surface area contributed by atoms with Gasteiger partial charge in [0.25, 0.3) is 0 Å². The SMILES string of the molecule is Cc1noc(CCC(=O)NCC(c2ccc(N(C)C)cc2)c2c[nH]c3ccccc23)n1. The number of carbonyl (C=O) groups is 1. The van der Waals surface area contributed by atoms with Crippen LogP contribution in [0, 0.1) is 6.92 Å². The molecule has 4 aromatic rings. The standard InChI is InChI=1S/C24H27N5O2/c1-16-27-24(31-28-16)13-12-23(30)26-14-20(17-8-10-18(11-9-17)29(2)3)21-15-25-22-7-5-4-6-19(21)22/h4-11,15,20,25H,12-14H2,1-3H3,(H,26,30). The van der Waals surface area contributed by atoms with Crippen LogP contribution in [0.3, 0.4) is 0 Å². The van der Waals surface area contributed by atoms with Gasteiger partial charge in [0.05, 0.1) is 0 Å². The predicted molar refractivity (Wildman–Crippen MR) is 121 cm³/mol. The number of para-hydroxylation sites is 1. The van der Waals surface area contributed by atoms with Crippen molar-refractivity contribution >= 4 is 22.5 Å². The quantitative estimate of drug-likeness (QED) is 0.455. The molecule has 2 aromatic heterocycles. The summed E-state index contributed by atoms with van der Waals surface area (Å²) in [6.07, 6.45) is 2.78. The summed E-state index contributed by atoms with van der Waals surface area (Å²) in [5.74, 6) is 1.06. The zero-order valence-electron chi connectivity index (χ0n) is 18.1. The topological polar surface area (TPSA) is 87.0 Å². The van der Waals surface area contributed by atoms with E-state index >= 15 is 0 Å². The summed E-state index contributed by atoms with van der Waals surface area (Å²) < 4.78 is 5.10. The van der Waals surface area contributed by atoms with E-state index in [-0.39, 0.29) is 11.8 Å². The third-order valence-electron chi connectivity index (χ3n) is 5.45. The summed E-state index contributed by atoms with van der Waals surface area (Å²) in [6, 6.07) is 16.7. The van der Waals surface area contributed by atoms with E-state index in [1.807, 2.05) is 32.4 Å². The van der Waals surface area contributed by atoms with Gasteiger partial charge in [0.15, 0.2) is 5.82 Å². The van der Waals surface area contributed by atoms with E-state index in [4.69, 9.17) is 4.52 Å². The van der Waals surface area contributed by atoms with Crippen molar-refractivity contribution in [2.75, 3.05) is 25.5 Å². The highest BCUT2D eigenvalue weighted by Gasteiger charge is 2.19. The Morgan fingerprint density at radius 1 is 1.16 bits per heavy atom. The maximum Gasteiger partial charge on any atom is 0.227 e. The number of anilines is 1. The van der Waals surface area contributed by atoms with Crippen LogP contribution in [0.5, 0.6) is 0 Å². The Hall–Kier alpha value is -3.61. The van der Waals surface area contributed by atoms with E-state index in [2.05, 4.69) is 61.7 Å². The average Bonchev–Trinajstić information content (AvgIpc) is 3.39. The van der Waals surface area contributed by atoms with Crippen molar-refractivity contribution < 1.29 is 9.32 Å². The van der Waals surface area contributed by atoms with Gasteiger partial charge in [-0.05, 0) is 36.2 Å². The fraction of sp³-hybridized carbons (Fsp3) is 0.292. The minimum absolute atomic E-state index is 0.0296. The van der Waals surface area contributed by atoms with Crippen molar-refractivity contribution in [2.24, 2.45) is 0 Å². The molecular formula is C24H27N5O2. The second kappa shape index (κ2) is 9.04. The summed E-state index contributed by atoms with van der Waals surface area (Å²) in [7, 11) is 4.05. The van der Waals surface area contributed by atoms with Gasteiger partial charge in [-0.15, -0.1) is 0 Å². The number of carbonyl (C=O) groups excluding carboxylic acids is 1. The van der Waals surface area contributed by atoms with Crippen LogP contribution >= 0.6 is 0 Å². The molecule has 1 amide bonds.